The van der Waals surface area contributed by atoms with E-state index in [0.717, 1.165) is 31.1 Å². The van der Waals surface area contributed by atoms with E-state index in [4.69, 9.17) is 21.1 Å². The fraction of sp³-hybridized carbons (Fsp3) is 0.444. The van der Waals surface area contributed by atoms with Gasteiger partial charge in [-0.3, -0.25) is 4.98 Å². The lowest BCUT2D eigenvalue weighted by molar-refractivity contribution is -0.149. The molecule has 0 saturated heterocycles. The molecule has 0 bridgehead atoms. The molecule has 0 spiro atoms. The minimum atomic E-state index is -0.622. The summed E-state index contributed by atoms with van der Waals surface area (Å²) in [5, 5.41) is 1.42. The number of rotatable bonds is 8. The summed E-state index contributed by atoms with van der Waals surface area (Å²) in [7, 11) is 1.38. The second-order valence-electron chi connectivity index (χ2n) is 5.42. The summed E-state index contributed by atoms with van der Waals surface area (Å²) < 4.78 is 10.8. The van der Waals surface area contributed by atoms with E-state index in [-0.39, 0.29) is 5.97 Å². The molecule has 0 amide bonds. The maximum absolute atomic E-state index is 12.0. The highest BCUT2D eigenvalue weighted by Crippen LogP contribution is 2.30. The van der Waals surface area contributed by atoms with Crippen LogP contribution in [0.3, 0.4) is 0 Å². The third-order valence-electron chi connectivity index (χ3n) is 3.73. The molecule has 1 unspecified atom stereocenters. The van der Waals surface area contributed by atoms with Gasteiger partial charge >= 0.3 is 5.97 Å². The maximum Gasteiger partial charge on any atom is 0.347 e. The molecule has 1 aromatic heterocycles. The fourth-order valence-corrected chi connectivity index (χ4v) is 2.69. The molecule has 2 rings (SSSR count). The number of pyridine rings is 1. The zero-order chi connectivity index (χ0) is 16.7. The second kappa shape index (κ2) is 8.73. The number of hydrogen-bond acceptors (Lipinski definition) is 4. The Morgan fingerprint density at radius 2 is 2.09 bits per heavy atom. The Bertz CT molecular complexity index is 660. The van der Waals surface area contributed by atoms with Gasteiger partial charge in [0.1, 0.15) is 11.3 Å². The van der Waals surface area contributed by atoms with E-state index in [1.807, 2.05) is 12.1 Å². The van der Waals surface area contributed by atoms with Crippen LogP contribution < -0.4 is 4.74 Å². The van der Waals surface area contributed by atoms with Crippen LogP contribution in [0.5, 0.6) is 5.75 Å². The van der Waals surface area contributed by atoms with Gasteiger partial charge in [0, 0.05) is 11.6 Å². The number of fused-ring (bicyclic) bond motifs is 1. The first-order chi connectivity index (χ1) is 11.2. The number of ether oxygens (including phenoxy) is 2. The number of benzene rings is 1. The highest BCUT2D eigenvalue weighted by atomic mass is 35.5. The minimum absolute atomic E-state index is 0.361. The van der Waals surface area contributed by atoms with Crippen molar-refractivity contribution in [2.75, 3.05) is 7.11 Å². The van der Waals surface area contributed by atoms with Crippen LogP contribution in [-0.2, 0) is 9.53 Å². The molecule has 5 heteroatoms. The number of hydrogen-bond donors (Lipinski definition) is 0. The lowest BCUT2D eigenvalue weighted by atomic mass is 10.1. The van der Waals surface area contributed by atoms with E-state index in [1.165, 1.54) is 7.11 Å². The van der Waals surface area contributed by atoms with Crippen molar-refractivity contribution >= 4 is 28.5 Å². The molecule has 1 heterocycles. The van der Waals surface area contributed by atoms with Gasteiger partial charge in [-0.05, 0) is 37.1 Å². The lowest BCUT2D eigenvalue weighted by Gasteiger charge is -2.18. The first-order valence-corrected chi connectivity index (χ1v) is 8.33. The second-order valence-corrected chi connectivity index (χ2v) is 5.83. The van der Waals surface area contributed by atoms with Crippen LogP contribution in [0.15, 0.2) is 30.5 Å². The molecule has 0 aliphatic rings. The summed E-state index contributed by atoms with van der Waals surface area (Å²) in [6.45, 7) is 2.15. The Morgan fingerprint density at radius 3 is 2.83 bits per heavy atom. The highest BCUT2D eigenvalue weighted by Gasteiger charge is 2.22. The maximum atomic E-state index is 12.0. The van der Waals surface area contributed by atoms with Gasteiger partial charge in [-0.2, -0.15) is 0 Å². The fourth-order valence-electron chi connectivity index (χ4n) is 2.47. The van der Waals surface area contributed by atoms with Gasteiger partial charge in [-0.15, -0.1) is 0 Å². The van der Waals surface area contributed by atoms with Gasteiger partial charge in [-0.25, -0.2) is 4.79 Å². The summed E-state index contributed by atoms with van der Waals surface area (Å²) in [4.78, 5) is 16.3. The van der Waals surface area contributed by atoms with Crippen LogP contribution in [0, 0.1) is 0 Å². The molecule has 0 saturated carbocycles. The number of unbranched alkanes of at least 4 members (excludes halogenated alkanes) is 3. The largest absolute Gasteiger partial charge is 0.476 e. The van der Waals surface area contributed by atoms with Gasteiger partial charge in [0.05, 0.1) is 12.1 Å². The first-order valence-electron chi connectivity index (χ1n) is 7.95. The molecule has 0 radical (unpaired) electrons. The molecule has 1 aromatic carbocycles. The first kappa shape index (κ1) is 17.5. The molecule has 4 nitrogen and oxygen atoms in total. The Balaban J connectivity index is 2.19. The number of halogens is 1. The molecule has 0 fully saturated rings. The van der Waals surface area contributed by atoms with Crippen LogP contribution in [0.1, 0.15) is 39.0 Å². The molecule has 0 aliphatic heterocycles. The van der Waals surface area contributed by atoms with E-state index in [1.54, 1.807) is 18.3 Å². The standard InChI is InChI=1S/C18H22ClNO3/c1-3-4-5-6-9-16(18(21)22-2)23-15-11-10-14(19)13-8-7-12-20-17(13)15/h7-8,10-12,16H,3-6,9H2,1-2H3. The Morgan fingerprint density at radius 1 is 1.26 bits per heavy atom. The Hall–Kier alpha value is -1.81. The van der Waals surface area contributed by atoms with Gasteiger partial charge in [-0.1, -0.05) is 37.8 Å². The smallest absolute Gasteiger partial charge is 0.347 e. The molecule has 0 N–H and O–H groups in total. The lowest BCUT2D eigenvalue weighted by Crippen LogP contribution is -2.28. The van der Waals surface area contributed by atoms with Crippen molar-refractivity contribution in [2.24, 2.45) is 0 Å². The van der Waals surface area contributed by atoms with Crippen molar-refractivity contribution in [1.29, 1.82) is 0 Å². The Kier molecular flexibility index (Phi) is 6.66. The molecule has 1 atom stereocenters. The average Bonchev–Trinajstić information content (AvgIpc) is 2.59. The quantitative estimate of drug-likeness (QED) is 0.514. The van der Waals surface area contributed by atoms with Crippen molar-refractivity contribution in [3.63, 3.8) is 0 Å². The summed E-state index contributed by atoms with van der Waals surface area (Å²) in [6.07, 6.45) is 5.99. The monoisotopic (exact) mass is 335 g/mol. The number of carbonyl (C=O) groups excluding carboxylic acids is 1. The van der Waals surface area contributed by atoms with E-state index < -0.39 is 6.10 Å². The van der Waals surface area contributed by atoms with Crippen molar-refractivity contribution in [3.8, 4) is 5.75 Å². The van der Waals surface area contributed by atoms with Crippen LogP contribution in [0.4, 0.5) is 0 Å². The number of aromatic nitrogens is 1. The molecular weight excluding hydrogens is 314 g/mol. The van der Waals surface area contributed by atoms with Crippen molar-refractivity contribution < 1.29 is 14.3 Å². The molecule has 23 heavy (non-hydrogen) atoms. The average molecular weight is 336 g/mol. The summed E-state index contributed by atoms with van der Waals surface area (Å²) in [5.74, 6) is 0.191. The number of nitrogens with zero attached hydrogens (tertiary/aromatic N) is 1. The van der Waals surface area contributed by atoms with E-state index in [0.29, 0.717) is 22.7 Å². The molecule has 2 aromatic rings. The predicted molar refractivity (Wildman–Crippen MR) is 91.9 cm³/mol. The number of esters is 1. The van der Waals surface area contributed by atoms with Crippen LogP contribution in [0.2, 0.25) is 5.02 Å². The van der Waals surface area contributed by atoms with E-state index in [9.17, 15) is 4.79 Å². The Labute approximate surface area is 141 Å². The van der Waals surface area contributed by atoms with E-state index >= 15 is 0 Å². The van der Waals surface area contributed by atoms with Gasteiger partial charge in [0.25, 0.3) is 0 Å². The number of methoxy groups -OCH3 is 1. The van der Waals surface area contributed by atoms with Crippen molar-refractivity contribution in [1.82, 2.24) is 4.98 Å². The third kappa shape index (κ3) is 4.58. The van der Waals surface area contributed by atoms with Crippen LogP contribution in [-0.4, -0.2) is 24.2 Å². The normalized spacial score (nSPS) is 12.1. The SMILES string of the molecule is CCCCCCC(Oc1ccc(Cl)c2cccnc12)C(=O)OC. The predicted octanol–water partition coefficient (Wildman–Crippen LogP) is 4.78. The third-order valence-corrected chi connectivity index (χ3v) is 4.06. The topological polar surface area (TPSA) is 48.4 Å². The summed E-state index contributed by atoms with van der Waals surface area (Å²) in [5.41, 5.74) is 0.655. The minimum Gasteiger partial charge on any atom is -0.476 e. The summed E-state index contributed by atoms with van der Waals surface area (Å²) in [6, 6.07) is 7.21. The number of carbonyl (C=O) groups is 1. The van der Waals surface area contributed by atoms with Gasteiger partial charge in [0.2, 0.25) is 0 Å². The summed E-state index contributed by atoms with van der Waals surface area (Å²) >= 11 is 6.19. The highest BCUT2D eigenvalue weighted by molar-refractivity contribution is 6.35. The van der Waals surface area contributed by atoms with Crippen molar-refractivity contribution in [2.45, 2.75) is 45.1 Å². The zero-order valence-corrected chi connectivity index (χ0v) is 14.3. The van der Waals surface area contributed by atoms with E-state index in [2.05, 4.69) is 11.9 Å². The molecular formula is C18H22ClNO3. The van der Waals surface area contributed by atoms with Gasteiger partial charge in [0.15, 0.2) is 6.10 Å². The van der Waals surface area contributed by atoms with Gasteiger partial charge < -0.3 is 9.47 Å². The van der Waals surface area contributed by atoms with Crippen LogP contribution >= 0.6 is 11.6 Å². The van der Waals surface area contributed by atoms with Crippen LogP contribution in [0.25, 0.3) is 10.9 Å². The zero-order valence-electron chi connectivity index (χ0n) is 13.5. The molecule has 124 valence electrons. The van der Waals surface area contributed by atoms with Crippen molar-refractivity contribution in [3.05, 3.63) is 35.5 Å². The molecule has 0 aliphatic carbocycles.